The van der Waals surface area contributed by atoms with Crippen molar-refractivity contribution in [2.24, 2.45) is 0 Å². The molecule has 0 saturated carbocycles. The van der Waals surface area contributed by atoms with Crippen molar-refractivity contribution < 1.29 is 19.1 Å². The van der Waals surface area contributed by atoms with Crippen molar-refractivity contribution >= 4 is 11.8 Å². The van der Waals surface area contributed by atoms with Crippen LogP contribution in [0.5, 0.6) is 11.5 Å². The summed E-state index contributed by atoms with van der Waals surface area (Å²) in [5, 5.41) is 3.14. The summed E-state index contributed by atoms with van der Waals surface area (Å²) in [5.74, 6) is 0.843. The van der Waals surface area contributed by atoms with E-state index in [1.165, 1.54) is 18.4 Å². The molecule has 3 aromatic carbocycles. The Morgan fingerprint density at radius 2 is 1.59 bits per heavy atom. The molecule has 0 radical (unpaired) electrons. The highest BCUT2D eigenvalue weighted by molar-refractivity contribution is 5.89. The summed E-state index contributed by atoms with van der Waals surface area (Å²) in [6, 6.07) is 24.0. The second kappa shape index (κ2) is 14.2. The van der Waals surface area contributed by atoms with Gasteiger partial charge < -0.3 is 19.7 Å². The Labute approximate surface area is 231 Å². The molecule has 0 spiro atoms. The summed E-state index contributed by atoms with van der Waals surface area (Å²) in [4.78, 5) is 29.5. The summed E-state index contributed by atoms with van der Waals surface area (Å²) in [7, 11) is 3.16. The first-order valence-electron chi connectivity index (χ1n) is 13.6. The number of allylic oxidation sites excluding steroid dienone is 1. The van der Waals surface area contributed by atoms with Gasteiger partial charge in [0.2, 0.25) is 11.8 Å². The van der Waals surface area contributed by atoms with Gasteiger partial charge in [-0.05, 0) is 60.9 Å². The van der Waals surface area contributed by atoms with Gasteiger partial charge in [-0.2, -0.15) is 0 Å². The molecule has 1 aliphatic carbocycles. The van der Waals surface area contributed by atoms with Crippen molar-refractivity contribution in [2.75, 3.05) is 20.8 Å². The zero-order valence-corrected chi connectivity index (χ0v) is 22.9. The minimum Gasteiger partial charge on any atom is -0.493 e. The number of benzene rings is 3. The SMILES string of the molecule is COc1ccc(CC(=O)N(Cc2ccccc2)C(C(=O)NCCC2=CCCCC2)c2ccccc2)cc1OC. The van der Waals surface area contributed by atoms with Crippen molar-refractivity contribution in [1.82, 2.24) is 10.2 Å². The topological polar surface area (TPSA) is 67.9 Å². The van der Waals surface area contributed by atoms with E-state index >= 15 is 0 Å². The lowest BCUT2D eigenvalue weighted by Crippen LogP contribution is -2.44. The van der Waals surface area contributed by atoms with E-state index in [1.54, 1.807) is 25.2 Å². The Bertz CT molecular complexity index is 1260. The molecular weight excluding hydrogens is 488 g/mol. The van der Waals surface area contributed by atoms with Crippen LogP contribution in [0.4, 0.5) is 0 Å². The molecule has 6 nitrogen and oxygen atoms in total. The van der Waals surface area contributed by atoms with Crippen LogP contribution in [0.2, 0.25) is 0 Å². The fraction of sp³-hybridized carbons (Fsp3) is 0.333. The standard InChI is InChI=1S/C33H38N2O4/c1-38-29-19-18-27(22-30(29)39-2)23-31(36)35(24-26-14-8-4-9-15-26)32(28-16-10-5-11-17-28)33(37)34-21-20-25-12-6-3-7-13-25/h4-5,8-12,14-19,22,32H,3,6-7,13,20-21,23-24H2,1-2H3,(H,34,37). The van der Waals surface area contributed by atoms with Gasteiger partial charge in [0, 0.05) is 13.1 Å². The largest absolute Gasteiger partial charge is 0.493 e. The fourth-order valence-corrected chi connectivity index (χ4v) is 5.05. The summed E-state index contributed by atoms with van der Waals surface area (Å²) < 4.78 is 10.8. The molecule has 6 heteroatoms. The van der Waals surface area contributed by atoms with Crippen LogP contribution in [0, 0.1) is 0 Å². The molecule has 4 rings (SSSR count). The lowest BCUT2D eigenvalue weighted by atomic mass is 9.97. The molecular formula is C33H38N2O4. The quantitative estimate of drug-likeness (QED) is 0.293. The molecule has 204 valence electrons. The zero-order valence-electron chi connectivity index (χ0n) is 22.9. The summed E-state index contributed by atoms with van der Waals surface area (Å²) in [6.07, 6.45) is 7.93. The van der Waals surface area contributed by atoms with Crippen molar-refractivity contribution in [2.45, 2.75) is 51.1 Å². The van der Waals surface area contributed by atoms with E-state index in [1.807, 2.05) is 72.8 Å². The van der Waals surface area contributed by atoms with Gasteiger partial charge in [-0.3, -0.25) is 9.59 Å². The number of hydrogen-bond acceptors (Lipinski definition) is 4. The summed E-state index contributed by atoms with van der Waals surface area (Å²) in [6.45, 7) is 0.863. The van der Waals surface area contributed by atoms with Crippen LogP contribution in [0.15, 0.2) is 90.5 Å². The lowest BCUT2D eigenvalue weighted by Gasteiger charge is -2.32. The van der Waals surface area contributed by atoms with Crippen LogP contribution in [-0.4, -0.2) is 37.5 Å². The first-order chi connectivity index (χ1) is 19.1. The molecule has 2 amide bonds. The molecule has 0 aliphatic heterocycles. The number of nitrogens with one attached hydrogen (secondary N) is 1. The minimum absolute atomic E-state index is 0.122. The smallest absolute Gasteiger partial charge is 0.247 e. The minimum atomic E-state index is -0.764. The van der Waals surface area contributed by atoms with Crippen LogP contribution >= 0.6 is 0 Å². The zero-order chi connectivity index (χ0) is 27.5. The molecule has 0 aromatic heterocycles. The number of methoxy groups -OCH3 is 2. The van der Waals surface area contributed by atoms with Crippen LogP contribution in [0.25, 0.3) is 0 Å². The van der Waals surface area contributed by atoms with Gasteiger partial charge in [-0.15, -0.1) is 0 Å². The Morgan fingerprint density at radius 1 is 0.872 bits per heavy atom. The number of amides is 2. The maximum Gasteiger partial charge on any atom is 0.247 e. The maximum atomic E-state index is 14.0. The lowest BCUT2D eigenvalue weighted by molar-refractivity contribution is -0.141. The van der Waals surface area contributed by atoms with E-state index in [0.29, 0.717) is 24.6 Å². The van der Waals surface area contributed by atoms with E-state index < -0.39 is 6.04 Å². The second-order valence-electron chi connectivity index (χ2n) is 9.84. The molecule has 0 saturated heterocycles. The third-order valence-corrected chi connectivity index (χ3v) is 7.13. The average molecular weight is 527 g/mol. The van der Waals surface area contributed by atoms with Gasteiger partial charge in [-0.1, -0.05) is 78.4 Å². The van der Waals surface area contributed by atoms with Crippen molar-refractivity contribution in [3.63, 3.8) is 0 Å². The van der Waals surface area contributed by atoms with Crippen LogP contribution in [0.1, 0.15) is 54.8 Å². The highest BCUT2D eigenvalue weighted by Crippen LogP contribution is 2.29. The number of rotatable bonds is 12. The monoisotopic (exact) mass is 526 g/mol. The number of carbonyl (C=O) groups is 2. The van der Waals surface area contributed by atoms with E-state index in [0.717, 1.165) is 36.0 Å². The van der Waals surface area contributed by atoms with Crippen LogP contribution < -0.4 is 14.8 Å². The van der Waals surface area contributed by atoms with Gasteiger partial charge in [-0.25, -0.2) is 0 Å². The number of ether oxygens (including phenoxy) is 2. The predicted octanol–water partition coefficient (Wildman–Crippen LogP) is 6.02. The molecule has 0 bridgehead atoms. The molecule has 1 unspecified atom stereocenters. The molecule has 0 fully saturated rings. The number of nitrogens with zero attached hydrogens (tertiary/aromatic N) is 1. The van der Waals surface area contributed by atoms with Gasteiger partial charge in [0.1, 0.15) is 6.04 Å². The van der Waals surface area contributed by atoms with Crippen LogP contribution in [-0.2, 0) is 22.6 Å². The molecule has 1 atom stereocenters. The highest BCUT2D eigenvalue weighted by Gasteiger charge is 2.31. The number of hydrogen-bond donors (Lipinski definition) is 1. The van der Waals surface area contributed by atoms with E-state index in [9.17, 15) is 9.59 Å². The summed E-state index contributed by atoms with van der Waals surface area (Å²) >= 11 is 0. The Balaban J connectivity index is 1.61. The first-order valence-corrected chi connectivity index (χ1v) is 13.6. The normalized spacial score (nSPS) is 13.6. The van der Waals surface area contributed by atoms with Crippen molar-refractivity contribution in [3.05, 3.63) is 107 Å². The van der Waals surface area contributed by atoms with Gasteiger partial charge in [0.15, 0.2) is 11.5 Å². The predicted molar refractivity (Wildman–Crippen MR) is 154 cm³/mol. The van der Waals surface area contributed by atoms with E-state index in [-0.39, 0.29) is 18.2 Å². The maximum absolute atomic E-state index is 14.0. The molecule has 39 heavy (non-hydrogen) atoms. The highest BCUT2D eigenvalue weighted by atomic mass is 16.5. The van der Waals surface area contributed by atoms with E-state index in [4.69, 9.17) is 9.47 Å². The van der Waals surface area contributed by atoms with E-state index in [2.05, 4.69) is 11.4 Å². The van der Waals surface area contributed by atoms with Crippen molar-refractivity contribution in [1.29, 1.82) is 0 Å². The Morgan fingerprint density at radius 3 is 2.26 bits per heavy atom. The average Bonchev–Trinajstić information content (AvgIpc) is 2.98. The third kappa shape index (κ3) is 7.73. The van der Waals surface area contributed by atoms with Gasteiger partial charge in [0.25, 0.3) is 0 Å². The Kier molecular flexibility index (Phi) is 10.2. The second-order valence-corrected chi connectivity index (χ2v) is 9.84. The molecule has 3 aromatic rings. The first kappa shape index (κ1) is 28.0. The third-order valence-electron chi connectivity index (χ3n) is 7.13. The summed E-state index contributed by atoms with van der Waals surface area (Å²) in [5.41, 5.74) is 3.93. The fourth-order valence-electron chi connectivity index (χ4n) is 5.05. The molecule has 1 aliphatic rings. The van der Waals surface area contributed by atoms with Gasteiger partial charge >= 0.3 is 0 Å². The van der Waals surface area contributed by atoms with Gasteiger partial charge in [0.05, 0.1) is 20.6 Å². The number of carbonyl (C=O) groups excluding carboxylic acids is 2. The van der Waals surface area contributed by atoms with Crippen LogP contribution in [0.3, 0.4) is 0 Å². The molecule has 1 N–H and O–H groups in total. The Hall–Kier alpha value is -4.06. The molecule has 0 heterocycles. The van der Waals surface area contributed by atoms with Crippen molar-refractivity contribution in [3.8, 4) is 11.5 Å².